The first kappa shape index (κ1) is 11.7. The number of nitrogens with zero attached hydrogens (tertiary/aromatic N) is 2. The van der Waals surface area contributed by atoms with Gasteiger partial charge in [0, 0.05) is 5.69 Å². The lowest BCUT2D eigenvalue weighted by Gasteiger charge is -2.10. The lowest BCUT2D eigenvalue weighted by Crippen LogP contribution is -2.00. The van der Waals surface area contributed by atoms with Gasteiger partial charge in [0.1, 0.15) is 11.6 Å². The summed E-state index contributed by atoms with van der Waals surface area (Å²) in [6.07, 6.45) is 0. The van der Waals surface area contributed by atoms with Gasteiger partial charge in [0.25, 0.3) is 0 Å². The van der Waals surface area contributed by atoms with Crippen molar-refractivity contribution in [2.24, 2.45) is 0 Å². The number of fused-ring (bicyclic) bond motifs is 1. The van der Waals surface area contributed by atoms with Crippen LogP contribution in [0, 0.1) is 19.7 Å². The summed E-state index contributed by atoms with van der Waals surface area (Å²) < 4.78 is 15.4. The Hall–Kier alpha value is -2.36. The molecular weight excluding hydrogens is 241 g/mol. The monoisotopic (exact) mass is 255 g/mol. The molecule has 0 unspecified atom stereocenters. The summed E-state index contributed by atoms with van der Waals surface area (Å²) in [4.78, 5) is 4.48. The van der Waals surface area contributed by atoms with Crippen LogP contribution in [0.3, 0.4) is 0 Å². The van der Waals surface area contributed by atoms with Crippen LogP contribution in [-0.4, -0.2) is 9.55 Å². The van der Waals surface area contributed by atoms with E-state index in [2.05, 4.69) is 4.98 Å². The van der Waals surface area contributed by atoms with Gasteiger partial charge in [-0.1, -0.05) is 6.07 Å². The van der Waals surface area contributed by atoms with Crippen molar-refractivity contribution in [1.29, 1.82) is 0 Å². The molecule has 0 saturated carbocycles. The third-order valence-electron chi connectivity index (χ3n) is 3.26. The number of nitrogen functional groups attached to an aromatic ring is 1. The van der Waals surface area contributed by atoms with Crippen LogP contribution in [0.1, 0.15) is 11.4 Å². The molecule has 0 aliphatic heterocycles. The Balaban J connectivity index is 2.36. The molecule has 3 aromatic rings. The highest BCUT2D eigenvalue weighted by atomic mass is 19.1. The second kappa shape index (κ2) is 4.09. The fourth-order valence-corrected chi connectivity index (χ4v) is 2.35. The molecule has 4 heteroatoms. The Morgan fingerprint density at radius 1 is 1.11 bits per heavy atom. The number of anilines is 1. The van der Waals surface area contributed by atoms with Crippen LogP contribution in [-0.2, 0) is 0 Å². The third-order valence-corrected chi connectivity index (χ3v) is 3.26. The maximum Gasteiger partial charge on any atom is 0.125 e. The largest absolute Gasteiger partial charge is 0.399 e. The summed E-state index contributed by atoms with van der Waals surface area (Å²) in [6, 6.07) is 10.3. The van der Waals surface area contributed by atoms with Crippen LogP contribution in [0.15, 0.2) is 36.4 Å². The fourth-order valence-electron chi connectivity index (χ4n) is 2.35. The number of hydrogen-bond donors (Lipinski definition) is 1. The lowest BCUT2D eigenvalue weighted by atomic mass is 10.2. The maximum atomic E-state index is 13.5. The molecule has 0 spiro atoms. The average molecular weight is 255 g/mol. The van der Waals surface area contributed by atoms with Gasteiger partial charge < -0.3 is 5.73 Å². The van der Waals surface area contributed by atoms with Crippen molar-refractivity contribution in [3.8, 4) is 5.69 Å². The van der Waals surface area contributed by atoms with Crippen molar-refractivity contribution in [3.63, 3.8) is 0 Å². The minimum Gasteiger partial charge on any atom is -0.399 e. The van der Waals surface area contributed by atoms with Crippen LogP contribution in [0.4, 0.5) is 10.1 Å². The van der Waals surface area contributed by atoms with Crippen LogP contribution < -0.4 is 5.73 Å². The second-order valence-electron chi connectivity index (χ2n) is 4.67. The summed E-state index contributed by atoms with van der Waals surface area (Å²) in [6.45, 7) is 3.86. The summed E-state index contributed by atoms with van der Waals surface area (Å²) in [5, 5.41) is 0. The summed E-state index contributed by atoms with van der Waals surface area (Å²) in [5.41, 5.74) is 10.0. The van der Waals surface area contributed by atoms with Crippen molar-refractivity contribution in [2.75, 3.05) is 5.73 Å². The zero-order chi connectivity index (χ0) is 13.6. The predicted octanol–water partition coefficient (Wildman–Crippen LogP) is 3.36. The predicted molar refractivity (Wildman–Crippen MR) is 74.9 cm³/mol. The van der Waals surface area contributed by atoms with Crippen LogP contribution in [0.2, 0.25) is 0 Å². The lowest BCUT2D eigenvalue weighted by molar-refractivity contribution is 0.626. The first-order valence-electron chi connectivity index (χ1n) is 6.07. The Kier molecular flexibility index (Phi) is 2.52. The summed E-state index contributed by atoms with van der Waals surface area (Å²) in [5.74, 6) is 0.562. The van der Waals surface area contributed by atoms with E-state index in [1.807, 2.05) is 36.6 Å². The molecule has 3 rings (SSSR count). The minimum atomic E-state index is -0.253. The topological polar surface area (TPSA) is 43.8 Å². The minimum absolute atomic E-state index is 0.253. The normalized spacial score (nSPS) is 11.1. The molecule has 1 aromatic heterocycles. The van der Waals surface area contributed by atoms with Gasteiger partial charge in [-0.3, -0.25) is 4.57 Å². The smallest absolute Gasteiger partial charge is 0.125 e. The summed E-state index contributed by atoms with van der Waals surface area (Å²) in [7, 11) is 0. The molecule has 2 aromatic carbocycles. The molecule has 0 aliphatic carbocycles. The van der Waals surface area contributed by atoms with E-state index in [4.69, 9.17) is 5.73 Å². The van der Waals surface area contributed by atoms with Crippen LogP contribution >= 0.6 is 0 Å². The highest BCUT2D eigenvalue weighted by Crippen LogP contribution is 2.25. The van der Waals surface area contributed by atoms with Gasteiger partial charge in [0.15, 0.2) is 0 Å². The molecule has 0 bridgehead atoms. The average Bonchev–Trinajstić information content (AvgIpc) is 2.67. The van der Waals surface area contributed by atoms with E-state index in [-0.39, 0.29) is 5.82 Å². The second-order valence-corrected chi connectivity index (χ2v) is 4.67. The molecule has 3 nitrogen and oxygen atoms in total. The molecule has 19 heavy (non-hydrogen) atoms. The van der Waals surface area contributed by atoms with Gasteiger partial charge in [0.05, 0.1) is 16.7 Å². The molecule has 1 heterocycles. The highest BCUT2D eigenvalue weighted by molar-refractivity contribution is 5.81. The van der Waals surface area contributed by atoms with E-state index in [0.717, 1.165) is 28.1 Å². The van der Waals surface area contributed by atoms with Gasteiger partial charge in [-0.25, -0.2) is 9.37 Å². The van der Waals surface area contributed by atoms with Gasteiger partial charge in [0.2, 0.25) is 0 Å². The van der Waals surface area contributed by atoms with E-state index in [9.17, 15) is 4.39 Å². The number of nitrogens with two attached hydrogens (primary N) is 1. The number of rotatable bonds is 1. The molecule has 0 fully saturated rings. The van der Waals surface area contributed by atoms with Crippen molar-refractivity contribution in [2.45, 2.75) is 13.8 Å². The molecular formula is C15H14FN3. The third kappa shape index (κ3) is 1.85. The molecule has 0 saturated heterocycles. The quantitative estimate of drug-likeness (QED) is 0.677. The van der Waals surface area contributed by atoms with E-state index >= 15 is 0 Å². The highest BCUT2D eigenvalue weighted by Gasteiger charge is 2.11. The van der Waals surface area contributed by atoms with Crippen molar-refractivity contribution in [1.82, 2.24) is 9.55 Å². The molecule has 0 atom stereocenters. The Morgan fingerprint density at radius 2 is 1.89 bits per heavy atom. The van der Waals surface area contributed by atoms with E-state index in [0.29, 0.717) is 5.69 Å². The Morgan fingerprint density at radius 3 is 2.68 bits per heavy atom. The van der Waals surface area contributed by atoms with Crippen LogP contribution in [0.5, 0.6) is 0 Å². The summed E-state index contributed by atoms with van der Waals surface area (Å²) >= 11 is 0. The number of imidazole rings is 1. The number of aromatic nitrogens is 2. The Bertz CT molecular complexity index is 774. The molecule has 96 valence electrons. The van der Waals surface area contributed by atoms with Gasteiger partial charge in [-0.2, -0.15) is 0 Å². The number of halogens is 1. The SMILES string of the molecule is Cc1ccc(F)cc1-n1c(C)nc2cc(N)ccc21. The zero-order valence-electron chi connectivity index (χ0n) is 10.8. The van der Waals surface area contributed by atoms with E-state index in [1.165, 1.54) is 12.1 Å². The standard InChI is InChI=1S/C15H14FN3/c1-9-3-4-11(16)7-15(9)19-10(2)18-13-8-12(17)5-6-14(13)19/h3-8H,17H2,1-2H3. The van der Waals surface area contributed by atoms with Crippen molar-refractivity contribution >= 4 is 16.7 Å². The fraction of sp³-hybridized carbons (Fsp3) is 0.133. The van der Waals surface area contributed by atoms with Crippen molar-refractivity contribution in [3.05, 3.63) is 53.6 Å². The van der Waals surface area contributed by atoms with E-state index < -0.39 is 0 Å². The Labute approximate surface area is 110 Å². The number of aryl methyl sites for hydroxylation is 2. The van der Waals surface area contributed by atoms with Crippen LogP contribution in [0.25, 0.3) is 16.7 Å². The molecule has 0 amide bonds. The van der Waals surface area contributed by atoms with E-state index in [1.54, 1.807) is 6.07 Å². The molecule has 2 N–H and O–H groups in total. The first-order chi connectivity index (χ1) is 9.06. The van der Waals surface area contributed by atoms with Gasteiger partial charge in [-0.15, -0.1) is 0 Å². The van der Waals surface area contributed by atoms with Gasteiger partial charge in [-0.05, 0) is 49.7 Å². The first-order valence-corrected chi connectivity index (χ1v) is 6.07. The maximum absolute atomic E-state index is 13.5. The molecule has 0 aliphatic rings. The van der Waals surface area contributed by atoms with Gasteiger partial charge >= 0.3 is 0 Å². The zero-order valence-corrected chi connectivity index (χ0v) is 10.8. The number of hydrogen-bond acceptors (Lipinski definition) is 2. The number of benzene rings is 2. The molecule has 0 radical (unpaired) electrons. The van der Waals surface area contributed by atoms with Crippen molar-refractivity contribution < 1.29 is 4.39 Å².